The zero-order valence-electron chi connectivity index (χ0n) is 14.7. The second-order valence-corrected chi connectivity index (χ2v) is 6.69. The van der Waals surface area contributed by atoms with Gasteiger partial charge in [0, 0.05) is 11.5 Å². The number of anilines is 1. The third kappa shape index (κ3) is 4.04. The van der Waals surface area contributed by atoms with E-state index < -0.39 is 11.6 Å². The molecule has 0 aromatic heterocycles. The number of ether oxygens (including phenoxy) is 2. The molecule has 0 aliphatic carbocycles. The number of rotatable bonds is 4. The lowest BCUT2D eigenvalue weighted by atomic mass is 9.84. The summed E-state index contributed by atoms with van der Waals surface area (Å²) in [7, 11) is 0. The Hall–Kier alpha value is -2.83. The first-order valence-electron chi connectivity index (χ1n) is 8.27. The van der Waals surface area contributed by atoms with Gasteiger partial charge in [-0.15, -0.1) is 0 Å². The molecule has 2 aromatic rings. The molecule has 3 N–H and O–H groups in total. The quantitative estimate of drug-likeness (QED) is 0.647. The third-order valence-corrected chi connectivity index (χ3v) is 4.16. The van der Waals surface area contributed by atoms with Crippen LogP contribution in [0.3, 0.4) is 0 Å². The molecule has 0 saturated heterocycles. The highest BCUT2D eigenvalue weighted by atomic mass is 19.1. The fraction of sp³-hybridized carbons (Fsp3) is 0.316. The van der Waals surface area contributed by atoms with E-state index >= 15 is 0 Å². The number of hydrogen-bond acceptors (Lipinski definition) is 3. The molecule has 26 heavy (non-hydrogen) atoms. The van der Waals surface area contributed by atoms with Gasteiger partial charge in [-0.05, 0) is 29.8 Å². The molecular weight excluding hydrogens is 340 g/mol. The van der Waals surface area contributed by atoms with Crippen LogP contribution in [0.25, 0.3) is 0 Å². The summed E-state index contributed by atoms with van der Waals surface area (Å²) in [5, 5.41) is 2.59. The van der Waals surface area contributed by atoms with Crippen LogP contribution in [-0.4, -0.2) is 25.7 Å². The van der Waals surface area contributed by atoms with Crippen molar-refractivity contribution in [1.29, 1.82) is 0 Å². The molecule has 1 aliphatic heterocycles. The van der Waals surface area contributed by atoms with Gasteiger partial charge in [0.1, 0.15) is 24.8 Å². The van der Waals surface area contributed by atoms with E-state index in [4.69, 9.17) is 15.2 Å². The number of guanidine groups is 1. The Morgan fingerprint density at radius 2 is 1.85 bits per heavy atom. The SMILES string of the molecule is CC(C)(CN=C(N)Nc1cc(F)ccc1F)c1ccc2c(c1)OCCO2. The van der Waals surface area contributed by atoms with Crippen molar-refractivity contribution in [2.24, 2.45) is 10.7 Å². The second-order valence-electron chi connectivity index (χ2n) is 6.69. The van der Waals surface area contributed by atoms with Crippen molar-refractivity contribution in [3.63, 3.8) is 0 Å². The Labute approximate surface area is 150 Å². The molecule has 0 saturated carbocycles. The monoisotopic (exact) mass is 361 g/mol. The smallest absolute Gasteiger partial charge is 0.193 e. The lowest BCUT2D eigenvalue weighted by Gasteiger charge is -2.26. The van der Waals surface area contributed by atoms with Crippen molar-refractivity contribution in [3.8, 4) is 11.5 Å². The van der Waals surface area contributed by atoms with Crippen LogP contribution >= 0.6 is 0 Å². The van der Waals surface area contributed by atoms with Crippen LogP contribution in [0.4, 0.5) is 14.5 Å². The highest BCUT2D eigenvalue weighted by Crippen LogP contribution is 2.35. The summed E-state index contributed by atoms with van der Waals surface area (Å²) in [6.45, 7) is 5.43. The molecule has 0 fully saturated rings. The molecule has 0 atom stereocenters. The molecule has 0 amide bonds. The number of aliphatic imine (C=N–C) groups is 1. The molecule has 0 unspecified atom stereocenters. The Balaban J connectivity index is 1.72. The summed E-state index contributed by atoms with van der Waals surface area (Å²) >= 11 is 0. The maximum absolute atomic E-state index is 13.7. The lowest BCUT2D eigenvalue weighted by molar-refractivity contribution is 0.171. The van der Waals surface area contributed by atoms with E-state index in [0.29, 0.717) is 25.5 Å². The lowest BCUT2D eigenvalue weighted by Crippen LogP contribution is -2.28. The van der Waals surface area contributed by atoms with Gasteiger partial charge in [-0.2, -0.15) is 0 Å². The van der Waals surface area contributed by atoms with Crippen LogP contribution in [-0.2, 0) is 5.41 Å². The Morgan fingerprint density at radius 3 is 2.62 bits per heavy atom. The maximum Gasteiger partial charge on any atom is 0.193 e. The molecule has 3 rings (SSSR count). The van der Waals surface area contributed by atoms with Gasteiger partial charge >= 0.3 is 0 Å². The van der Waals surface area contributed by atoms with Crippen molar-refractivity contribution >= 4 is 11.6 Å². The highest BCUT2D eigenvalue weighted by Gasteiger charge is 2.23. The van der Waals surface area contributed by atoms with Crippen molar-refractivity contribution in [2.75, 3.05) is 25.1 Å². The van der Waals surface area contributed by atoms with Gasteiger partial charge in [-0.1, -0.05) is 19.9 Å². The number of hydrogen-bond donors (Lipinski definition) is 2. The average Bonchev–Trinajstić information content (AvgIpc) is 2.63. The van der Waals surface area contributed by atoms with Gasteiger partial charge in [0.05, 0.1) is 12.2 Å². The molecule has 138 valence electrons. The summed E-state index contributed by atoms with van der Waals surface area (Å²) in [5.41, 5.74) is 6.44. The van der Waals surface area contributed by atoms with E-state index in [1.807, 2.05) is 32.0 Å². The Morgan fingerprint density at radius 1 is 1.12 bits per heavy atom. The van der Waals surface area contributed by atoms with Crippen molar-refractivity contribution in [2.45, 2.75) is 19.3 Å². The topological polar surface area (TPSA) is 68.9 Å². The summed E-state index contributed by atoms with van der Waals surface area (Å²) in [4.78, 5) is 4.27. The summed E-state index contributed by atoms with van der Waals surface area (Å²) in [5.74, 6) is 0.287. The van der Waals surface area contributed by atoms with Gasteiger partial charge in [-0.3, -0.25) is 4.99 Å². The number of halogens is 2. The molecule has 2 aromatic carbocycles. The molecule has 0 spiro atoms. The minimum atomic E-state index is -0.601. The first-order valence-corrected chi connectivity index (χ1v) is 8.27. The van der Waals surface area contributed by atoms with Crippen molar-refractivity contribution < 1.29 is 18.3 Å². The summed E-state index contributed by atoms with van der Waals surface area (Å²) in [6, 6.07) is 8.87. The molecule has 1 aliphatic rings. The molecular formula is C19H21F2N3O2. The fourth-order valence-corrected chi connectivity index (χ4v) is 2.61. The first kappa shape index (κ1) is 18.0. The number of nitrogens with two attached hydrogens (primary N) is 1. The van der Waals surface area contributed by atoms with E-state index in [2.05, 4.69) is 10.3 Å². The van der Waals surface area contributed by atoms with Crippen LogP contribution in [0, 0.1) is 11.6 Å². The van der Waals surface area contributed by atoms with Gasteiger partial charge in [-0.25, -0.2) is 8.78 Å². The molecule has 0 bridgehead atoms. The van der Waals surface area contributed by atoms with Crippen LogP contribution in [0.1, 0.15) is 19.4 Å². The predicted octanol–water partition coefficient (Wildman–Crippen LogP) is 3.44. The maximum atomic E-state index is 13.7. The number of benzene rings is 2. The minimum Gasteiger partial charge on any atom is -0.486 e. The van der Waals surface area contributed by atoms with E-state index in [9.17, 15) is 8.78 Å². The van der Waals surface area contributed by atoms with Crippen LogP contribution < -0.4 is 20.5 Å². The molecule has 7 heteroatoms. The van der Waals surface area contributed by atoms with Crippen LogP contribution in [0.5, 0.6) is 11.5 Å². The Kier molecular flexibility index (Phi) is 4.97. The summed E-state index contributed by atoms with van der Waals surface area (Å²) in [6.07, 6.45) is 0. The van der Waals surface area contributed by atoms with Gasteiger partial charge in [0.2, 0.25) is 0 Å². The van der Waals surface area contributed by atoms with Crippen LogP contribution in [0.2, 0.25) is 0 Å². The van der Waals surface area contributed by atoms with Crippen LogP contribution in [0.15, 0.2) is 41.4 Å². The Bertz CT molecular complexity index is 838. The molecule has 5 nitrogen and oxygen atoms in total. The average molecular weight is 361 g/mol. The number of nitrogens with one attached hydrogen (secondary N) is 1. The zero-order chi connectivity index (χ0) is 18.7. The third-order valence-electron chi connectivity index (χ3n) is 4.16. The van der Waals surface area contributed by atoms with E-state index in [1.165, 1.54) is 0 Å². The number of nitrogens with zero attached hydrogens (tertiary/aromatic N) is 1. The van der Waals surface area contributed by atoms with Gasteiger partial charge < -0.3 is 20.5 Å². The van der Waals surface area contributed by atoms with Crippen molar-refractivity contribution in [1.82, 2.24) is 0 Å². The van der Waals surface area contributed by atoms with Crippen molar-refractivity contribution in [3.05, 3.63) is 53.6 Å². The predicted molar refractivity (Wildman–Crippen MR) is 96.9 cm³/mol. The van der Waals surface area contributed by atoms with E-state index in [-0.39, 0.29) is 17.1 Å². The summed E-state index contributed by atoms with van der Waals surface area (Å²) < 4.78 is 38.0. The first-order chi connectivity index (χ1) is 12.3. The zero-order valence-corrected chi connectivity index (χ0v) is 14.7. The molecule has 0 radical (unpaired) electrons. The largest absolute Gasteiger partial charge is 0.486 e. The standard InChI is InChI=1S/C19H21F2N3O2/c1-19(2,12-3-6-16-17(9-12)26-8-7-25-16)11-23-18(22)24-15-10-13(20)4-5-14(15)21/h3-6,9-10H,7-8,11H2,1-2H3,(H3,22,23,24). The van der Waals surface area contributed by atoms with E-state index in [1.54, 1.807) is 0 Å². The number of fused-ring (bicyclic) bond motifs is 1. The highest BCUT2D eigenvalue weighted by molar-refractivity contribution is 5.92. The minimum absolute atomic E-state index is 0.0140. The fourth-order valence-electron chi connectivity index (χ4n) is 2.61. The van der Waals surface area contributed by atoms with E-state index in [0.717, 1.165) is 29.5 Å². The normalized spacial score (nSPS) is 14.2. The van der Waals surface area contributed by atoms with Gasteiger partial charge in [0.25, 0.3) is 0 Å². The molecule has 1 heterocycles. The second kappa shape index (κ2) is 7.19. The van der Waals surface area contributed by atoms with Gasteiger partial charge in [0.15, 0.2) is 17.5 Å².